The third kappa shape index (κ3) is 6.40. The van der Waals surface area contributed by atoms with E-state index in [9.17, 15) is 19.7 Å². The molecule has 2 amide bonds. The summed E-state index contributed by atoms with van der Waals surface area (Å²) in [6.07, 6.45) is 0.919. The van der Waals surface area contributed by atoms with Gasteiger partial charge in [0.25, 0.3) is 5.69 Å². The van der Waals surface area contributed by atoms with Crippen molar-refractivity contribution in [2.75, 3.05) is 6.54 Å². The number of nitro benzene ring substituents is 1. The molecule has 0 heterocycles. The molecule has 0 unspecified atom stereocenters. The van der Waals surface area contributed by atoms with Crippen molar-refractivity contribution in [3.05, 3.63) is 75.8 Å². The van der Waals surface area contributed by atoms with Crippen LogP contribution in [0.3, 0.4) is 0 Å². The number of carbonyl (C=O) groups is 2. The van der Waals surface area contributed by atoms with Crippen LogP contribution in [-0.4, -0.2) is 40.3 Å². The van der Waals surface area contributed by atoms with Gasteiger partial charge in [0, 0.05) is 24.2 Å². The predicted octanol–water partition coefficient (Wildman–Crippen LogP) is 3.51. The van der Waals surface area contributed by atoms with E-state index in [2.05, 4.69) is 5.32 Å². The molecule has 0 bridgehead atoms. The standard InChI is InChI=1S/C23H29N3O4/c1-4-20(23(28)24-17(2)3)25(15-14-18-10-6-5-7-11-18)22(27)16-19-12-8-9-13-21(19)26(29)30/h5-13,17,20H,4,14-16H2,1-3H3,(H,24,28)/t20-/m1/s1. The summed E-state index contributed by atoms with van der Waals surface area (Å²) in [7, 11) is 0. The number of nitrogens with zero attached hydrogens (tertiary/aromatic N) is 2. The lowest BCUT2D eigenvalue weighted by molar-refractivity contribution is -0.385. The molecule has 30 heavy (non-hydrogen) atoms. The molecule has 2 rings (SSSR count). The average molecular weight is 412 g/mol. The first-order valence-corrected chi connectivity index (χ1v) is 10.2. The Morgan fingerprint density at radius 2 is 1.70 bits per heavy atom. The number of benzene rings is 2. The maximum Gasteiger partial charge on any atom is 0.273 e. The number of nitro groups is 1. The summed E-state index contributed by atoms with van der Waals surface area (Å²) in [6.45, 7) is 5.95. The number of hydrogen-bond acceptors (Lipinski definition) is 4. The van der Waals surface area contributed by atoms with E-state index in [0.29, 0.717) is 24.9 Å². The summed E-state index contributed by atoms with van der Waals surface area (Å²) in [6, 6.07) is 15.3. The maximum atomic E-state index is 13.2. The summed E-state index contributed by atoms with van der Waals surface area (Å²) < 4.78 is 0. The molecule has 7 nitrogen and oxygen atoms in total. The molecule has 0 aliphatic heterocycles. The van der Waals surface area contributed by atoms with E-state index in [4.69, 9.17) is 0 Å². The first-order chi connectivity index (χ1) is 14.3. The Morgan fingerprint density at radius 3 is 2.30 bits per heavy atom. The van der Waals surface area contributed by atoms with Crippen molar-refractivity contribution in [1.29, 1.82) is 0 Å². The summed E-state index contributed by atoms with van der Waals surface area (Å²) in [5, 5.41) is 14.2. The van der Waals surface area contributed by atoms with Crippen molar-refractivity contribution in [2.45, 2.75) is 52.1 Å². The average Bonchev–Trinajstić information content (AvgIpc) is 2.71. The molecule has 1 atom stereocenters. The van der Waals surface area contributed by atoms with Gasteiger partial charge in [-0.15, -0.1) is 0 Å². The quantitative estimate of drug-likeness (QED) is 0.478. The van der Waals surface area contributed by atoms with E-state index in [1.807, 2.05) is 51.1 Å². The third-order valence-electron chi connectivity index (χ3n) is 4.83. The minimum Gasteiger partial charge on any atom is -0.352 e. The number of hydrogen-bond donors (Lipinski definition) is 1. The Labute approximate surface area is 177 Å². The van der Waals surface area contributed by atoms with E-state index < -0.39 is 11.0 Å². The normalized spacial score (nSPS) is 11.7. The predicted molar refractivity (Wildman–Crippen MR) is 116 cm³/mol. The SMILES string of the molecule is CC[C@H](C(=O)NC(C)C)N(CCc1ccccc1)C(=O)Cc1ccccc1[N+](=O)[O-]. The van der Waals surface area contributed by atoms with Crippen LogP contribution in [0.1, 0.15) is 38.3 Å². The van der Waals surface area contributed by atoms with Gasteiger partial charge in [0.1, 0.15) is 6.04 Å². The van der Waals surface area contributed by atoms with Crippen LogP contribution in [0.5, 0.6) is 0 Å². The smallest absolute Gasteiger partial charge is 0.273 e. The van der Waals surface area contributed by atoms with Crippen molar-refractivity contribution in [3.8, 4) is 0 Å². The van der Waals surface area contributed by atoms with Crippen molar-refractivity contribution in [3.63, 3.8) is 0 Å². The van der Waals surface area contributed by atoms with Gasteiger partial charge in [-0.3, -0.25) is 19.7 Å². The van der Waals surface area contributed by atoms with Crippen LogP contribution < -0.4 is 5.32 Å². The third-order valence-corrected chi connectivity index (χ3v) is 4.83. The zero-order valence-corrected chi connectivity index (χ0v) is 17.7. The van der Waals surface area contributed by atoms with Crippen LogP contribution in [0.15, 0.2) is 54.6 Å². The van der Waals surface area contributed by atoms with E-state index in [0.717, 1.165) is 5.56 Å². The lowest BCUT2D eigenvalue weighted by Gasteiger charge is -2.31. The van der Waals surface area contributed by atoms with Gasteiger partial charge in [-0.25, -0.2) is 0 Å². The molecular formula is C23H29N3O4. The highest BCUT2D eigenvalue weighted by atomic mass is 16.6. The number of nitrogens with one attached hydrogen (secondary N) is 1. The summed E-state index contributed by atoms with van der Waals surface area (Å²) >= 11 is 0. The highest BCUT2D eigenvalue weighted by Crippen LogP contribution is 2.20. The summed E-state index contributed by atoms with van der Waals surface area (Å²) in [4.78, 5) is 38.4. The topological polar surface area (TPSA) is 92.6 Å². The number of carbonyl (C=O) groups excluding carboxylic acids is 2. The molecule has 0 aromatic heterocycles. The van der Waals surface area contributed by atoms with Gasteiger partial charge >= 0.3 is 0 Å². The van der Waals surface area contributed by atoms with E-state index in [-0.39, 0.29) is 30.0 Å². The summed E-state index contributed by atoms with van der Waals surface area (Å²) in [5.41, 5.74) is 1.31. The fourth-order valence-corrected chi connectivity index (χ4v) is 3.38. The number of para-hydroxylation sites is 1. The molecule has 0 aliphatic carbocycles. The number of rotatable bonds is 10. The zero-order valence-electron chi connectivity index (χ0n) is 17.7. The van der Waals surface area contributed by atoms with Gasteiger partial charge in [-0.05, 0) is 32.3 Å². The highest BCUT2D eigenvalue weighted by molar-refractivity contribution is 5.89. The van der Waals surface area contributed by atoms with Gasteiger partial charge in [-0.1, -0.05) is 55.5 Å². The largest absolute Gasteiger partial charge is 0.352 e. The van der Waals surface area contributed by atoms with Crippen molar-refractivity contribution in [1.82, 2.24) is 10.2 Å². The van der Waals surface area contributed by atoms with Crippen molar-refractivity contribution >= 4 is 17.5 Å². The first kappa shape index (κ1) is 23.1. The Bertz CT molecular complexity index is 868. The molecule has 0 radical (unpaired) electrons. The van der Waals surface area contributed by atoms with Gasteiger partial charge in [0.15, 0.2) is 0 Å². The zero-order chi connectivity index (χ0) is 22.1. The Hall–Kier alpha value is -3.22. The van der Waals surface area contributed by atoms with Gasteiger partial charge in [0.2, 0.25) is 11.8 Å². The lowest BCUT2D eigenvalue weighted by Crippen LogP contribution is -2.51. The molecule has 160 valence electrons. The van der Waals surface area contributed by atoms with Crippen molar-refractivity contribution < 1.29 is 14.5 Å². The Morgan fingerprint density at radius 1 is 1.07 bits per heavy atom. The second kappa shape index (κ2) is 11.1. The van der Waals surface area contributed by atoms with Gasteiger partial charge in [-0.2, -0.15) is 0 Å². The minimum atomic E-state index is -0.633. The molecule has 0 fully saturated rings. The fourth-order valence-electron chi connectivity index (χ4n) is 3.38. The molecule has 2 aromatic rings. The monoisotopic (exact) mass is 411 g/mol. The van der Waals surface area contributed by atoms with E-state index in [1.54, 1.807) is 23.1 Å². The molecule has 7 heteroatoms. The molecule has 0 spiro atoms. The second-order valence-electron chi connectivity index (χ2n) is 7.47. The molecule has 2 aromatic carbocycles. The van der Waals surface area contributed by atoms with Gasteiger partial charge < -0.3 is 10.2 Å². The lowest BCUT2D eigenvalue weighted by atomic mass is 10.0. The van der Waals surface area contributed by atoms with Crippen LogP contribution in [0.2, 0.25) is 0 Å². The van der Waals surface area contributed by atoms with Crippen LogP contribution in [-0.2, 0) is 22.4 Å². The van der Waals surface area contributed by atoms with Crippen LogP contribution in [0.25, 0.3) is 0 Å². The molecule has 1 N–H and O–H groups in total. The number of amides is 2. The van der Waals surface area contributed by atoms with Crippen LogP contribution in [0.4, 0.5) is 5.69 Å². The fraction of sp³-hybridized carbons (Fsp3) is 0.391. The van der Waals surface area contributed by atoms with Crippen molar-refractivity contribution in [2.24, 2.45) is 0 Å². The minimum absolute atomic E-state index is 0.0483. The summed E-state index contributed by atoms with van der Waals surface area (Å²) in [5.74, 6) is -0.512. The molecule has 0 aliphatic rings. The van der Waals surface area contributed by atoms with E-state index in [1.165, 1.54) is 6.07 Å². The Kier molecular flexibility index (Phi) is 8.53. The molecule has 0 saturated heterocycles. The Balaban J connectivity index is 2.27. The van der Waals surface area contributed by atoms with Crippen LogP contribution >= 0.6 is 0 Å². The second-order valence-corrected chi connectivity index (χ2v) is 7.47. The molecular weight excluding hydrogens is 382 g/mol. The van der Waals surface area contributed by atoms with E-state index >= 15 is 0 Å². The first-order valence-electron chi connectivity index (χ1n) is 10.2. The highest BCUT2D eigenvalue weighted by Gasteiger charge is 2.29. The van der Waals surface area contributed by atoms with Gasteiger partial charge in [0.05, 0.1) is 11.3 Å². The van der Waals surface area contributed by atoms with Crippen LogP contribution in [0, 0.1) is 10.1 Å². The maximum absolute atomic E-state index is 13.2. The molecule has 0 saturated carbocycles.